The number of carbonyl (C=O) groups is 3. The Morgan fingerprint density at radius 1 is 1.57 bits per heavy atom. The number of allylic oxidation sites excluding steroid dienone is 1. The highest BCUT2D eigenvalue weighted by molar-refractivity contribution is 8.00. The number of anilines is 1. The molecule has 0 bridgehead atoms. The number of carbonyl (C=O) groups excluding carboxylic acids is 2. The minimum Gasteiger partial charge on any atom is -0.477 e. The Balaban J connectivity index is 1.80. The van der Waals surface area contributed by atoms with E-state index in [4.69, 9.17) is 22.2 Å². The van der Waals surface area contributed by atoms with Gasteiger partial charge in [-0.05, 0) is 11.6 Å². The summed E-state index contributed by atoms with van der Waals surface area (Å²) in [5.74, 6) is -2.14. The standard InChI is InChI=1S/C15H14ClN5O5S2/c1-26-20-8(7-5-28-15(17)18-7)11(22)19-9-12(23)21-10(14(24)25)6(2-3-16)4-27-13(9)21/h2-3,5,9,13H,4H2,1H3,(H2,17,18)(H,19,22)(H,24,25)/b3-2+,20-8?/t9?,13-/m0/s1. The number of fused-ring (bicyclic) bond motifs is 1. The number of nitrogens with zero attached hydrogens (tertiary/aromatic N) is 3. The number of thiazole rings is 1. The Hall–Kier alpha value is -2.57. The summed E-state index contributed by atoms with van der Waals surface area (Å²) in [5, 5.41) is 16.9. The van der Waals surface area contributed by atoms with E-state index in [9.17, 15) is 19.5 Å². The largest absolute Gasteiger partial charge is 0.477 e. The molecule has 148 valence electrons. The van der Waals surface area contributed by atoms with Crippen LogP contribution in [0, 0.1) is 0 Å². The van der Waals surface area contributed by atoms with Crippen LogP contribution in [0.1, 0.15) is 5.69 Å². The molecule has 3 heterocycles. The second kappa shape index (κ2) is 8.20. The maximum Gasteiger partial charge on any atom is 0.352 e. The van der Waals surface area contributed by atoms with Gasteiger partial charge in [0, 0.05) is 16.7 Å². The Morgan fingerprint density at radius 2 is 2.32 bits per heavy atom. The lowest BCUT2D eigenvalue weighted by molar-refractivity contribution is -0.150. The molecule has 1 aromatic rings. The Morgan fingerprint density at radius 3 is 2.89 bits per heavy atom. The molecule has 28 heavy (non-hydrogen) atoms. The zero-order valence-corrected chi connectivity index (χ0v) is 16.7. The number of β-lactam (4-membered cyclic amide) rings is 1. The molecule has 3 rings (SSSR count). The molecule has 1 saturated heterocycles. The molecule has 0 saturated carbocycles. The van der Waals surface area contributed by atoms with Crippen molar-refractivity contribution in [2.24, 2.45) is 5.16 Å². The number of nitrogens with two attached hydrogens (primary N) is 1. The second-order valence-corrected chi connectivity index (χ2v) is 7.77. The average Bonchev–Trinajstić information content (AvgIpc) is 3.09. The molecular weight excluding hydrogens is 430 g/mol. The van der Waals surface area contributed by atoms with Gasteiger partial charge in [-0.2, -0.15) is 0 Å². The fourth-order valence-electron chi connectivity index (χ4n) is 2.75. The van der Waals surface area contributed by atoms with Crippen LogP contribution in [0.2, 0.25) is 0 Å². The van der Waals surface area contributed by atoms with Gasteiger partial charge in [0.05, 0.1) is 0 Å². The van der Waals surface area contributed by atoms with Crippen molar-refractivity contribution in [2.45, 2.75) is 11.4 Å². The van der Waals surface area contributed by atoms with Crippen molar-refractivity contribution in [1.82, 2.24) is 15.2 Å². The van der Waals surface area contributed by atoms with Gasteiger partial charge in [0.25, 0.3) is 11.8 Å². The van der Waals surface area contributed by atoms with E-state index in [0.29, 0.717) is 11.3 Å². The van der Waals surface area contributed by atoms with Gasteiger partial charge in [-0.15, -0.1) is 23.1 Å². The van der Waals surface area contributed by atoms with Gasteiger partial charge in [-0.1, -0.05) is 16.8 Å². The van der Waals surface area contributed by atoms with Gasteiger partial charge >= 0.3 is 5.97 Å². The Kier molecular flexibility index (Phi) is 5.91. The predicted molar refractivity (Wildman–Crippen MR) is 105 cm³/mol. The molecule has 0 radical (unpaired) electrons. The lowest BCUT2D eigenvalue weighted by atomic mass is 10.0. The molecule has 2 amide bonds. The Labute approximate surface area is 172 Å². The zero-order chi connectivity index (χ0) is 20.4. The first-order valence-corrected chi connectivity index (χ1v) is 10.1. The van der Waals surface area contributed by atoms with Crippen LogP contribution in [0.15, 0.2) is 33.4 Å². The number of hydrogen-bond donors (Lipinski definition) is 3. The lowest BCUT2D eigenvalue weighted by Crippen LogP contribution is -2.71. The molecular formula is C15H14ClN5O5S2. The fourth-order valence-corrected chi connectivity index (χ4v) is 4.77. The first kappa shape index (κ1) is 20.2. The van der Waals surface area contributed by atoms with E-state index >= 15 is 0 Å². The number of nitrogens with one attached hydrogen (secondary N) is 1. The number of halogens is 1. The molecule has 2 atom stereocenters. The minimum absolute atomic E-state index is 0.137. The quantitative estimate of drug-likeness (QED) is 0.328. The van der Waals surface area contributed by atoms with Crippen molar-refractivity contribution in [2.75, 3.05) is 18.6 Å². The van der Waals surface area contributed by atoms with Crippen LogP contribution < -0.4 is 11.1 Å². The molecule has 4 N–H and O–H groups in total. The van der Waals surface area contributed by atoms with E-state index in [1.807, 2.05) is 0 Å². The van der Waals surface area contributed by atoms with Gasteiger partial charge < -0.3 is 21.0 Å². The number of hydrogen-bond acceptors (Lipinski definition) is 9. The maximum atomic E-state index is 12.6. The second-order valence-electron chi connectivity index (χ2n) is 5.53. The zero-order valence-electron chi connectivity index (χ0n) is 14.3. The summed E-state index contributed by atoms with van der Waals surface area (Å²) in [6.07, 6.45) is 1.43. The fraction of sp³-hybridized carbons (Fsp3) is 0.267. The van der Waals surface area contributed by atoms with Crippen LogP contribution in [-0.2, 0) is 19.2 Å². The van der Waals surface area contributed by atoms with E-state index in [2.05, 4.69) is 15.5 Å². The van der Waals surface area contributed by atoms with E-state index in [0.717, 1.165) is 16.2 Å². The van der Waals surface area contributed by atoms with E-state index < -0.39 is 29.2 Å². The number of aliphatic carboxylic acids is 1. The van der Waals surface area contributed by atoms with Crippen molar-refractivity contribution in [3.8, 4) is 0 Å². The first-order valence-electron chi connectivity index (χ1n) is 7.70. The van der Waals surface area contributed by atoms with Crippen molar-refractivity contribution >= 4 is 63.3 Å². The molecule has 1 unspecified atom stereocenters. The average molecular weight is 444 g/mol. The summed E-state index contributed by atoms with van der Waals surface area (Å²) >= 11 is 7.99. The Bertz CT molecular complexity index is 928. The monoisotopic (exact) mass is 443 g/mol. The van der Waals surface area contributed by atoms with Crippen LogP contribution in [0.25, 0.3) is 0 Å². The summed E-state index contributed by atoms with van der Waals surface area (Å²) < 4.78 is 0. The van der Waals surface area contributed by atoms with Crippen LogP contribution >= 0.6 is 34.7 Å². The van der Waals surface area contributed by atoms with Gasteiger partial charge in [0.2, 0.25) is 0 Å². The molecule has 1 fully saturated rings. The van der Waals surface area contributed by atoms with Crippen LogP contribution in [0.5, 0.6) is 0 Å². The number of oxime groups is 1. The maximum absolute atomic E-state index is 12.6. The highest BCUT2D eigenvalue weighted by Gasteiger charge is 2.54. The number of amides is 2. The number of aromatic nitrogens is 1. The molecule has 10 nitrogen and oxygen atoms in total. The summed E-state index contributed by atoms with van der Waals surface area (Å²) in [5.41, 5.74) is 7.12. The van der Waals surface area contributed by atoms with Crippen LogP contribution in [0.4, 0.5) is 5.13 Å². The highest BCUT2D eigenvalue weighted by Crippen LogP contribution is 2.40. The SMILES string of the molecule is CON=C(C(=O)NC1C(=O)N2C(C(=O)O)=C(/C=C/Cl)CS[C@@H]12)c1csc(N)n1. The smallest absolute Gasteiger partial charge is 0.352 e. The summed E-state index contributed by atoms with van der Waals surface area (Å²) in [4.78, 5) is 46.6. The van der Waals surface area contributed by atoms with Crippen molar-refractivity contribution in [3.63, 3.8) is 0 Å². The number of carboxylic acid groups (broad SMARTS) is 1. The first-order chi connectivity index (χ1) is 13.4. The van der Waals surface area contributed by atoms with Gasteiger partial charge in [0.15, 0.2) is 10.8 Å². The van der Waals surface area contributed by atoms with Crippen molar-refractivity contribution in [3.05, 3.63) is 34.0 Å². The van der Waals surface area contributed by atoms with Crippen molar-refractivity contribution < 1.29 is 24.3 Å². The third-order valence-electron chi connectivity index (χ3n) is 3.91. The van der Waals surface area contributed by atoms with Crippen molar-refractivity contribution in [1.29, 1.82) is 0 Å². The van der Waals surface area contributed by atoms with Gasteiger partial charge in [0.1, 0.15) is 29.9 Å². The molecule has 1 aromatic heterocycles. The van der Waals surface area contributed by atoms with Gasteiger partial charge in [-0.25, -0.2) is 9.78 Å². The summed E-state index contributed by atoms with van der Waals surface area (Å²) in [6.45, 7) is 0. The highest BCUT2D eigenvalue weighted by atomic mass is 35.5. The molecule has 2 aliphatic heterocycles. The van der Waals surface area contributed by atoms with E-state index in [1.54, 1.807) is 0 Å². The lowest BCUT2D eigenvalue weighted by Gasteiger charge is -2.49. The number of thioether (sulfide) groups is 1. The van der Waals surface area contributed by atoms with Crippen LogP contribution in [-0.4, -0.2) is 62.8 Å². The molecule has 0 aliphatic carbocycles. The number of nitrogen functional groups attached to an aromatic ring is 1. The van der Waals surface area contributed by atoms with Crippen LogP contribution in [0.3, 0.4) is 0 Å². The van der Waals surface area contributed by atoms with E-state index in [1.165, 1.54) is 35.9 Å². The molecule has 13 heteroatoms. The predicted octanol–water partition coefficient (Wildman–Crippen LogP) is 0.567. The van der Waals surface area contributed by atoms with Gasteiger partial charge in [-0.3, -0.25) is 14.5 Å². The molecule has 0 aromatic carbocycles. The minimum atomic E-state index is -1.24. The summed E-state index contributed by atoms with van der Waals surface area (Å²) in [6, 6.07) is -0.911. The third kappa shape index (κ3) is 3.57. The number of rotatable bonds is 6. The number of carboxylic acids is 1. The van der Waals surface area contributed by atoms with E-state index in [-0.39, 0.29) is 22.2 Å². The third-order valence-corrected chi connectivity index (χ3v) is 6.02. The topological polar surface area (TPSA) is 147 Å². The molecule has 2 aliphatic rings. The molecule has 0 spiro atoms. The normalized spacial score (nSPS) is 22.1. The summed E-state index contributed by atoms with van der Waals surface area (Å²) in [7, 11) is 1.27.